The van der Waals surface area contributed by atoms with Gasteiger partial charge in [0.15, 0.2) is 5.82 Å². The Morgan fingerprint density at radius 2 is 1.79 bits per heavy atom. The van der Waals surface area contributed by atoms with Crippen LogP contribution in [0, 0.1) is 5.92 Å². The van der Waals surface area contributed by atoms with Gasteiger partial charge in [-0.3, -0.25) is 9.69 Å². The molecule has 1 atom stereocenters. The van der Waals surface area contributed by atoms with Gasteiger partial charge >= 0.3 is 0 Å². The average molecular weight is 527 g/mol. The first-order valence-electron chi connectivity index (χ1n) is 14.5. The molecule has 2 aliphatic rings. The average Bonchev–Trinajstić information content (AvgIpc) is 3.45. The highest BCUT2D eigenvalue weighted by Crippen LogP contribution is 2.35. The summed E-state index contributed by atoms with van der Waals surface area (Å²) < 4.78 is 7.78. The summed E-state index contributed by atoms with van der Waals surface area (Å²) in [5, 5.41) is 14.2. The zero-order valence-corrected chi connectivity index (χ0v) is 22.8. The number of ether oxygens (including phenoxy) is 1. The Hall–Kier alpha value is -3.52. The maximum atomic E-state index is 13.6. The van der Waals surface area contributed by atoms with Gasteiger partial charge in [-0.15, -0.1) is 5.10 Å². The van der Waals surface area contributed by atoms with Crippen molar-refractivity contribution in [3.8, 4) is 5.75 Å². The zero-order valence-electron chi connectivity index (χ0n) is 22.8. The Morgan fingerprint density at radius 3 is 2.56 bits per heavy atom. The van der Waals surface area contributed by atoms with Crippen molar-refractivity contribution in [2.45, 2.75) is 70.4 Å². The van der Waals surface area contributed by atoms with Crippen LogP contribution < -0.4 is 10.3 Å². The van der Waals surface area contributed by atoms with Crippen LogP contribution in [0.25, 0.3) is 10.9 Å². The van der Waals surface area contributed by atoms with E-state index < -0.39 is 0 Å². The predicted octanol–water partition coefficient (Wildman–Crippen LogP) is 5.46. The number of H-pyrrole nitrogens is 1. The van der Waals surface area contributed by atoms with Gasteiger partial charge in [0.1, 0.15) is 11.8 Å². The molecular formula is C31H38N6O2. The van der Waals surface area contributed by atoms with E-state index in [0.29, 0.717) is 18.1 Å². The summed E-state index contributed by atoms with van der Waals surface area (Å²) in [6.45, 7) is 4.37. The van der Waals surface area contributed by atoms with E-state index in [1.165, 1.54) is 24.8 Å². The number of hydrogen-bond acceptors (Lipinski definition) is 6. The number of pyridine rings is 1. The molecule has 2 aromatic heterocycles. The lowest BCUT2D eigenvalue weighted by molar-refractivity contribution is 0.140. The summed E-state index contributed by atoms with van der Waals surface area (Å²) in [4.78, 5) is 19.2. The minimum Gasteiger partial charge on any atom is -0.494 e. The van der Waals surface area contributed by atoms with Crippen LogP contribution in [-0.2, 0) is 6.42 Å². The van der Waals surface area contributed by atoms with E-state index in [2.05, 4.69) is 55.7 Å². The number of hydrogen-bond donors (Lipinski definition) is 1. The molecule has 204 valence electrons. The fourth-order valence-corrected chi connectivity index (χ4v) is 6.49. The largest absolute Gasteiger partial charge is 0.494 e. The van der Waals surface area contributed by atoms with Crippen LogP contribution >= 0.6 is 0 Å². The Labute approximate surface area is 229 Å². The molecule has 8 nitrogen and oxygen atoms in total. The van der Waals surface area contributed by atoms with Crippen molar-refractivity contribution in [2.24, 2.45) is 5.92 Å². The van der Waals surface area contributed by atoms with Crippen molar-refractivity contribution in [3.05, 3.63) is 81.9 Å². The molecule has 3 heterocycles. The smallest absolute Gasteiger partial charge is 0.253 e. The second-order valence-electron chi connectivity index (χ2n) is 11.1. The normalized spacial score (nSPS) is 18.4. The highest BCUT2D eigenvalue weighted by atomic mass is 16.5. The molecule has 2 aromatic carbocycles. The molecule has 1 N–H and O–H groups in total. The second-order valence-corrected chi connectivity index (χ2v) is 11.1. The molecule has 0 amide bonds. The van der Waals surface area contributed by atoms with E-state index in [0.717, 1.165) is 67.7 Å². The summed E-state index contributed by atoms with van der Waals surface area (Å²) in [5.41, 5.74) is 2.81. The van der Waals surface area contributed by atoms with Gasteiger partial charge in [-0.1, -0.05) is 49.6 Å². The zero-order chi connectivity index (χ0) is 26.6. The Bertz CT molecular complexity index is 1430. The molecule has 2 fully saturated rings. The predicted molar refractivity (Wildman–Crippen MR) is 152 cm³/mol. The van der Waals surface area contributed by atoms with Gasteiger partial charge in [0.2, 0.25) is 0 Å². The van der Waals surface area contributed by atoms with Gasteiger partial charge in [0, 0.05) is 16.5 Å². The molecule has 1 aliphatic heterocycles. The summed E-state index contributed by atoms with van der Waals surface area (Å²) in [6.07, 6.45) is 9.05. The molecule has 39 heavy (non-hydrogen) atoms. The molecule has 1 aliphatic carbocycles. The second kappa shape index (κ2) is 11.7. The van der Waals surface area contributed by atoms with E-state index in [1.807, 2.05) is 35.9 Å². The highest BCUT2D eigenvalue weighted by molar-refractivity contribution is 5.80. The van der Waals surface area contributed by atoms with Crippen LogP contribution in [0.3, 0.4) is 0 Å². The fourth-order valence-electron chi connectivity index (χ4n) is 6.49. The van der Waals surface area contributed by atoms with Crippen LogP contribution in [-0.4, -0.2) is 49.8 Å². The van der Waals surface area contributed by atoms with Gasteiger partial charge in [0.25, 0.3) is 5.56 Å². The molecule has 4 aromatic rings. The third kappa shape index (κ3) is 5.62. The Balaban J connectivity index is 1.35. The first-order valence-corrected chi connectivity index (χ1v) is 14.5. The number of piperidine rings is 1. The van der Waals surface area contributed by atoms with Gasteiger partial charge in [-0.2, -0.15) is 0 Å². The minimum atomic E-state index is -0.302. The lowest BCUT2D eigenvalue weighted by atomic mass is 9.88. The summed E-state index contributed by atoms with van der Waals surface area (Å²) in [7, 11) is 0. The summed E-state index contributed by atoms with van der Waals surface area (Å²) >= 11 is 0. The molecule has 1 saturated carbocycles. The van der Waals surface area contributed by atoms with E-state index in [-0.39, 0.29) is 17.6 Å². The quantitative estimate of drug-likeness (QED) is 0.328. The Kier molecular flexibility index (Phi) is 7.72. The SMILES string of the molecule is CCOc1ccc2[nH]c(=O)c([C@@H](c3nnnn3C3CCCCC3)N3CCC(Cc4ccccc4)CC3)cc2c1. The molecule has 6 rings (SSSR count). The molecular weight excluding hydrogens is 488 g/mol. The third-order valence-electron chi connectivity index (χ3n) is 8.51. The molecule has 8 heteroatoms. The number of aromatic nitrogens is 5. The van der Waals surface area contributed by atoms with E-state index >= 15 is 0 Å². The number of fused-ring (bicyclic) bond motifs is 1. The number of nitrogens with one attached hydrogen (secondary N) is 1. The monoisotopic (exact) mass is 526 g/mol. The Morgan fingerprint density at radius 1 is 1.00 bits per heavy atom. The van der Waals surface area contributed by atoms with Crippen molar-refractivity contribution >= 4 is 10.9 Å². The lowest BCUT2D eigenvalue weighted by Gasteiger charge is -2.37. The highest BCUT2D eigenvalue weighted by Gasteiger charge is 2.34. The minimum absolute atomic E-state index is 0.0822. The van der Waals surface area contributed by atoms with Crippen molar-refractivity contribution in [1.29, 1.82) is 0 Å². The molecule has 0 unspecified atom stereocenters. The molecule has 0 radical (unpaired) electrons. The van der Waals surface area contributed by atoms with Crippen molar-refractivity contribution in [1.82, 2.24) is 30.1 Å². The molecule has 1 saturated heterocycles. The van der Waals surface area contributed by atoms with E-state index in [1.54, 1.807) is 0 Å². The number of aromatic amines is 1. The molecule has 0 bridgehead atoms. The van der Waals surface area contributed by atoms with Gasteiger partial charge < -0.3 is 9.72 Å². The van der Waals surface area contributed by atoms with Crippen LogP contribution in [0.2, 0.25) is 0 Å². The first-order chi connectivity index (χ1) is 19.2. The van der Waals surface area contributed by atoms with Crippen molar-refractivity contribution < 1.29 is 4.74 Å². The maximum absolute atomic E-state index is 13.6. The fraction of sp³-hybridized carbons (Fsp3) is 0.484. The van der Waals surface area contributed by atoms with Gasteiger partial charge in [-0.05, 0) is 98.3 Å². The molecule has 0 spiro atoms. The topological polar surface area (TPSA) is 88.9 Å². The van der Waals surface area contributed by atoms with Crippen molar-refractivity contribution in [3.63, 3.8) is 0 Å². The van der Waals surface area contributed by atoms with Gasteiger partial charge in [-0.25, -0.2) is 4.68 Å². The van der Waals surface area contributed by atoms with Gasteiger partial charge in [0.05, 0.1) is 12.6 Å². The van der Waals surface area contributed by atoms with Crippen LogP contribution in [0.1, 0.15) is 80.9 Å². The van der Waals surface area contributed by atoms with Crippen LogP contribution in [0.15, 0.2) is 59.4 Å². The van der Waals surface area contributed by atoms with Crippen molar-refractivity contribution in [2.75, 3.05) is 19.7 Å². The number of benzene rings is 2. The summed E-state index contributed by atoms with van der Waals surface area (Å²) in [6, 6.07) is 18.6. The number of likely N-dealkylation sites (tertiary alicyclic amines) is 1. The van der Waals surface area contributed by atoms with E-state index in [9.17, 15) is 4.79 Å². The third-order valence-corrected chi connectivity index (χ3v) is 8.51. The number of tetrazole rings is 1. The standard InChI is InChI=1S/C31H38N6O2/c1-2-39-26-13-14-28-24(20-26)21-27(31(38)32-28)29(30-33-34-35-37(30)25-11-7-4-8-12-25)36-17-15-23(16-18-36)19-22-9-5-3-6-10-22/h3,5-6,9-10,13-14,20-21,23,25,29H,2,4,7-8,11-12,15-19H2,1H3,(H,32,38)/t29-/m0/s1. The summed E-state index contributed by atoms with van der Waals surface area (Å²) in [5.74, 6) is 2.21. The van der Waals surface area contributed by atoms with Crippen LogP contribution in [0.5, 0.6) is 5.75 Å². The van der Waals surface area contributed by atoms with Crippen LogP contribution in [0.4, 0.5) is 0 Å². The lowest BCUT2D eigenvalue weighted by Crippen LogP contribution is -2.41. The maximum Gasteiger partial charge on any atom is 0.253 e. The van der Waals surface area contributed by atoms with E-state index in [4.69, 9.17) is 4.74 Å². The number of rotatable bonds is 8. The first kappa shape index (κ1) is 25.7. The number of nitrogens with zero attached hydrogens (tertiary/aromatic N) is 5.